The van der Waals surface area contributed by atoms with Crippen molar-refractivity contribution in [3.63, 3.8) is 0 Å². The lowest BCUT2D eigenvalue weighted by molar-refractivity contribution is -0.138. The van der Waals surface area contributed by atoms with Crippen LogP contribution in [0.4, 0.5) is 4.79 Å². The van der Waals surface area contributed by atoms with Gasteiger partial charge in [-0.1, -0.05) is 43.5 Å². The van der Waals surface area contributed by atoms with Crippen LogP contribution in [0.2, 0.25) is 0 Å². The van der Waals surface area contributed by atoms with E-state index < -0.39 is 29.7 Å². The summed E-state index contributed by atoms with van der Waals surface area (Å²) in [5, 5.41) is 6.29. The first-order chi connectivity index (χ1) is 20.6. The molecule has 2 N–H and O–H groups in total. The lowest BCUT2D eigenvalue weighted by Crippen LogP contribution is -2.57. The molecule has 4 amide bonds. The first-order valence-electron chi connectivity index (χ1n) is 16.6. The minimum atomic E-state index is -0.712. The monoisotopic (exact) mass is 592 g/mol. The zero-order valence-corrected chi connectivity index (χ0v) is 26.0. The predicted octanol–water partition coefficient (Wildman–Crippen LogP) is 4.49. The zero-order valence-electron chi connectivity index (χ0n) is 26.0. The Morgan fingerprint density at radius 2 is 1.65 bits per heavy atom. The molecule has 3 aliphatic carbocycles. The maximum Gasteiger partial charge on any atom is 0.408 e. The van der Waals surface area contributed by atoms with Gasteiger partial charge in [0.25, 0.3) is 0 Å². The van der Waals surface area contributed by atoms with Gasteiger partial charge in [-0.25, -0.2) is 4.79 Å². The highest BCUT2D eigenvalue weighted by molar-refractivity contribution is 5.90. The van der Waals surface area contributed by atoms with Gasteiger partial charge in [0.15, 0.2) is 0 Å². The molecule has 234 valence electrons. The highest BCUT2D eigenvalue weighted by atomic mass is 16.6. The van der Waals surface area contributed by atoms with Gasteiger partial charge in [-0.3, -0.25) is 14.4 Å². The fourth-order valence-corrected chi connectivity index (χ4v) is 8.04. The van der Waals surface area contributed by atoms with Gasteiger partial charge in [-0.15, -0.1) is 0 Å². The van der Waals surface area contributed by atoms with Gasteiger partial charge < -0.3 is 25.2 Å². The van der Waals surface area contributed by atoms with E-state index in [2.05, 4.69) is 22.8 Å². The summed E-state index contributed by atoms with van der Waals surface area (Å²) in [5.74, 6) is -0.561. The Kier molecular flexibility index (Phi) is 8.44. The summed E-state index contributed by atoms with van der Waals surface area (Å²) in [7, 11) is 0. The van der Waals surface area contributed by atoms with E-state index in [0.717, 1.165) is 64.2 Å². The van der Waals surface area contributed by atoms with E-state index in [9.17, 15) is 19.2 Å². The molecule has 9 heteroatoms. The molecule has 2 saturated heterocycles. The van der Waals surface area contributed by atoms with E-state index in [1.807, 2.05) is 42.7 Å². The Bertz CT molecular complexity index is 1230. The lowest BCUT2D eigenvalue weighted by atomic mass is 9.83. The van der Waals surface area contributed by atoms with E-state index in [4.69, 9.17) is 4.74 Å². The fourth-order valence-electron chi connectivity index (χ4n) is 8.04. The largest absolute Gasteiger partial charge is 0.444 e. The minimum absolute atomic E-state index is 0.0180. The van der Waals surface area contributed by atoms with Crippen molar-refractivity contribution in [1.29, 1.82) is 0 Å². The van der Waals surface area contributed by atoms with Gasteiger partial charge in [0.1, 0.15) is 11.6 Å². The molecule has 9 nitrogen and oxygen atoms in total. The van der Waals surface area contributed by atoms with Crippen LogP contribution in [-0.4, -0.2) is 70.4 Å². The third-order valence-electron chi connectivity index (χ3n) is 10.2. The van der Waals surface area contributed by atoms with Crippen LogP contribution in [-0.2, 0) is 25.5 Å². The summed E-state index contributed by atoms with van der Waals surface area (Å²) < 4.78 is 5.58. The summed E-state index contributed by atoms with van der Waals surface area (Å²) in [6.45, 7) is 6.24. The number of hydrogen-bond acceptors (Lipinski definition) is 5. The Labute approximate surface area is 255 Å². The SMILES string of the molecule is CC(C)(C)OC(=O)N[C@H](C(=O)N1CC[C@@H]2[C@H]1[C@@H](C(=O)N[C@@H]1CCCc3ccccc31)CN2C(=O)C1CC1)C1CCCCC1. The minimum Gasteiger partial charge on any atom is -0.444 e. The van der Waals surface area contributed by atoms with Crippen LogP contribution in [0.15, 0.2) is 24.3 Å². The summed E-state index contributed by atoms with van der Waals surface area (Å²) in [6.07, 6.45) is 9.65. The number of nitrogens with zero attached hydrogens (tertiary/aromatic N) is 2. The number of carbonyl (C=O) groups is 4. The normalized spacial score (nSPS) is 28.1. The van der Waals surface area contributed by atoms with Gasteiger partial charge in [0.05, 0.1) is 24.0 Å². The molecule has 1 aromatic carbocycles. The van der Waals surface area contributed by atoms with E-state index >= 15 is 0 Å². The smallest absolute Gasteiger partial charge is 0.408 e. The highest BCUT2D eigenvalue weighted by Crippen LogP contribution is 2.42. The molecule has 6 rings (SSSR count). The number of nitrogens with one attached hydrogen (secondary N) is 2. The molecule has 0 bridgehead atoms. The molecule has 2 saturated carbocycles. The number of likely N-dealkylation sites (tertiary alicyclic amines) is 2. The highest BCUT2D eigenvalue weighted by Gasteiger charge is 2.56. The third kappa shape index (κ3) is 6.41. The number of aryl methyl sites for hydroxylation is 1. The quantitative estimate of drug-likeness (QED) is 0.506. The number of hydrogen-bond donors (Lipinski definition) is 2. The van der Waals surface area contributed by atoms with Crippen LogP contribution in [0.5, 0.6) is 0 Å². The first-order valence-corrected chi connectivity index (χ1v) is 16.6. The first kappa shape index (κ1) is 29.9. The van der Waals surface area contributed by atoms with Crippen LogP contribution >= 0.6 is 0 Å². The second kappa shape index (κ2) is 12.1. The van der Waals surface area contributed by atoms with Gasteiger partial charge in [0.2, 0.25) is 17.7 Å². The van der Waals surface area contributed by atoms with Crippen LogP contribution in [0.1, 0.15) is 102 Å². The van der Waals surface area contributed by atoms with Gasteiger partial charge in [-0.05, 0) is 89.2 Å². The summed E-state index contributed by atoms with van der Waals surface area (Å²) in [6, 6.07) is 6.93. The number of amides is 4. The van der Waals surface area contributed by atoms with Gasteiger partial charge >= 0.3 is 6.09 Å². The molecular weight excluding hydrogens is 544 g/mol. The number of carbonyl (C=O) groups excluding carboxylic acids is 4. The summed E-state index contributed by atoms with van der Waals surface area (Å²) >= 11 is 0. The number of alkyl carbamates (subject to hydrolysis) is 1. The molecule has 0 aromatic heterocycles. The number of rotatable bonds is 6. The van der Waals surface area contributed by atoms with Crippen molar-refractivity contribution in [2.75, 3.05) is 13.1 Å². The topological polar surface area (TPSA) is 108 Å². The van der Waals surface area contributed by atoms with Gasteiger partial charge in [0, 0.05) is 19.0 Å². The maximum atomic E-state index is 14.5. The van der Waals surface area contributed by atoms with E-state index in [1.54, 1.807) is 0 Å². The van der Waals surface area contributed by atoms with Crippen molar-refractivity contribution in [2.24, 2.45) is 17.8 Å². The maximum absolute atomic E-state index is 14.5. The molecule has 2 aliphatic heterocycles. The predicted molar refractivity (Wildman–Crippen MR) is 162 cm³/mol. The average Bonchev–Trinajstić information content (AvgIpc) is 3.64. The Hall–Kier alpha value is -3.10. The molecule has 5 atom stereocenters. The molecule has 1 aromatic rings. The molecule has 4 fully saturated rings. The van der Waals surface area contributed by atoms with E-state index in [1.165, 1.54) is 11.1 Å². The average molecular weight is 593 g/mol. The number of ether oxygens (including phenoxy) is 1. The van der Waals surface area contributed by atoms with Crippen LogP contribution in [0.3, 0.4) is 0 Å². The Morgan fingerprint density at radius 3 is 2.37 bits per heavy atom. The third-order valence-corrected chi connectivity index (χ3v) is 10.2. The Balaban J connectivity index is 1.25. The summed E-state index contributed by atoms with van der Waals surface area (Å²) in [4.78, 5) is 58.7. The molecule has 0 unspecified atom stereocenters. The van der Waals surface area contributed by atoms with E-state index in [-0.39, 0.29) is 41.6 Å². The van der Waals surface area contributed by atoms with Crippen LogP contribution < -0.4 is 10.6 Å². The van der Waals surface area contributed by atoms with Gasteiger partial charge in [-0.2, -0.15) is 0 Å². The number of benzene rings is 1. The van der Waals surface area contributed by atoms with Crippen LogP contribution in [0, 0.1) is 17.8 Å². The van der Waals surface area contributed by atoms with Crippen molar-refractivity contribution in [3.05, 3.63) is 35.4 Å². The lowest BCUT2D eigenvalue weighted by Gasteiger charge is -2.36. The van der Waals surface area contributed by atoms with Crippen molar-refractivity contribution in [2.45, 2.75) is 121 Å². The molecule has 0 spiro atoms. The standard InChI is InChI=1S/C34H48N4O5/c1-34(2,3)43-33(42)36-28(22-11-5-4-6-12-22)32(41)37-19-18-27-29(37)25(20-38(27)31(40)23-16-17-23)30(39)35-26-15-9-13-21-10-7-8-14-24(21)26/h7-8,10,14,22-23,25-29H,4-6,9,11-13,15-20H2,1-3H3,(H,35,39)(H,36,42)/t25-,26+,27+,28-,29+/m0/s1. The summed E-state index contributed by atoms with van der Waals surface area (Å²) in [5.41, 5.74) is 1.76. The van der Waals surface area contributed by atoms with Crippen LogP contribution in [0.25, 0.3) is 0 Å². The second-order valence-electron chi connectivity index (χ2n) is 14.4. The molecule has 5 aliphatic rings. The zero-order chi connectivity index (χ0) is 30.3. The molecule has 2 heterocycles. The van der Waals surface area contributed by atoms with E-state index in [0.29, 0.717) is 19.5 Å². The van der Waals surface area contributed by atoms with Crippen molar-refractivity contribution in [1.82, 2.24) is 20.4 Å². The van der Waals surface area contributed by atoms with Crippen molar-refractivity contribution < 1.29 is 23.9 Å². The second-order valence-corrected chi connectivity index (χ2v) is 14.4. The molecule has 43 heavy (non-hydrogen) atoms. The fraction of sp³-hybridized carbons (Fsp3) is 0.706. The van der Waals surface area contributed by atoms with Crippen molar-refractivity contribution in [3.8, 4) is 0 Å². The molecular formula is C34H48N4O5. The Morgan fingerprint density at radius 1 is 0.907 bits per heavy atom. The molecule has 0 radical (unpaired) electrons. The number of fused-ring (bicyclic) bond motifs is 2. The van der Waals surface area contributed by atoms with Crippen molar-refractivity contribution >= 4 is 23.8 Å².